The zero-order valence-corrected chi connectivity index (χ0v) is 7.72. The maximum atomic E-state index is 5.34. The van der Waals surface area contributed by atoms with Gasteiger partial charge in [-0.3, -0.25) is 4.90 Å². The third-order valence-corrected chi connectivity index (χ3v) is 3.06. The van der Waals surface area contributed by atoms with E-state index >= 15 is 0 Å². The summed E-state index contributed by atoms with van der Waals surface area (Å²) in [4.78, 5) is 2.52. The average molecular weight is 181 g/mol. The highest BCUT2D eigenvalue weighted by molar-refractivity contribution is 5.01. The summed E-state index contributed by atoms with van der Waals surface area (Å²) in [5.74, 6) is 0. The summed E-state index contributed by atoms with van der Waals surface area (Å²) in [7, 11) is 0. The lowest BCUT2D eigenvalue weighted by molar-refractivity contribution is -0.183. The molecule has 0 radical (unpaired) electrons. The molecule has 2 fully saturated rings. The van der Waals surface area contributed by atoms with Gasteiger partial charge in [-0.15, -0.1) is 0 Å². The van der Waals surface area contributed by atoms with E-state index in [1.54, 1.807) is 0 Å². The molecule has 0 aromatic carbocycles. The Morgan fingerprint density at radius 1 is 1.23 bits per heavy atom. The van der Waals surface area contributed by atoms with E-state index in [9.17, 15) is 0 Å². The number of nitrogens with zero attached hydrogens (tertiary/aromatic N) is 3. The van der Waals surface area contributed by atoms with Crippen molar-refractivity contribution in [3.63, 3.8) is 0 Å². The van der Waals surface area contributed by atoms with Crippen molar-refractivity contribution in [2.45, 2.75) is 6.17 Å². The van der Waals surface area contributed by atoms with Crippen LogP contribution in [0.2, 0.25) is 0 Å². The average Bonchev–Trinajstić information content (AvgIpc) is 2.50. The maximum absolute atomic E-state index is 5.34. The number of rotatable bonds is 1. The first-order valence-corrected chi connectivity index (χ1v) is 4.97. The Morgan fingerprint density at radius 3 is 2.85 bits per heavy atom. The van der Waals surface area contributed by atoms with Crippen LogP contribution >= 0.6 is 0 Å². The van der Waals surface area contributed by atoms with Crippen LogP contribution in [0.1, 0.15) is 0 Å². The van der Waals surface area contributed by atoms with E-state index < -0.39 is 0 Å². The van der Waals surface area contributed by atoms with E-state index in [2.05, 4.69) is 27.2 Å². The first-order chi connectivity index (χ1) is 6.45. The van der Waals surface area contributed by atoms with E-state index in [0.717, 1.165) is 39.4 Å². The molecule has 1 unspecified atom stereocenters. The van der Waals surface area contributed by atoms with Crippen LogP contribution in [0.25, 0.3) is 0 Å². The Morgan fingerprint density at radius 2 is 2.08 bits per heavy atom. The molecule has 13 heavy (non-hydrogen) atoms. The Hall–Kier alpha value is -0.580. The van der Waals surface area contributed by atoms with Gasteiger partial charge in [0.15, 0.2) is 0 Å². The quantitative estimate of drug-likeness (QED) is 0.553. The Labute approximate surface area is 78.3 Å². The highest BCUT2D eigenvalue weighted by Crippen LogP contribution is 2.26. The Bertz CT molecular complexity index is 225. The van der Waals surface area contributed by atoms with Crippen LogP contribution in [-0.2, 0) is 4.74 Å². The number of hydrogen-bond acceptors (Lipinski definition) is 4. The molecule has 0 aromatic heterocycles. The molecule has 3 rings (SSSR count). The minimum Gasteiger partial charge on any atom is -0.379 e. The van der Waals surface area contributed by atoms with Crippen LogP contribution in [0, 0.1) is 0 Å². The van der Waals surface area contributed by atoms with Crippen LogP contribution in [0.5, 0.6) is 0 Å². The van der Waals surface area contributed by atoms with E-state index in [0.29, 0.717) is 6.17 Å². The number of ether oxygens (including phenoxy) is 1. The van der Waals surface area contributed by atoms with Crippen molar-refractivity contribution < 1.29 is 4.74 Å². The first kappa shape index (κ1) is 7.79. The van der Waals surface area contributed by atoms with Crippen LogP contribution in [-0.4, -0.2) is 60.5 Å². The number of hydrogen-bond donors (Lipinski definition) is 0. The zero-order valence-electron chi connectivity index (χ0n) is 7.72. The highest BCUT2D eigenvalue weighted by Gasteiger charge is 2.40. The van der Waals surface area contributed by atoms with Gasteiger partial charge in [0.25, 0.3) is 0 Å². The first-order valence-electron chi connectivity index (χ1n) is 4.97. The molecule has 0 N–H and O–H groups in total. The van der Waals surface area contributed by atoms with Crippen molar-refractivity contribution in [1.29, 1.82) is 0 Å². The van der Waals surface area contributed by atoms with Crippen LogP contribution in [0.4, 0.5) is 0 Å². The van der Waals surface area contributed by atoms with Gasteiger partial charge in [0.1, 0.15) is 6.17 Å². The number of morpholine rings is 1. The summed E-state index contributed by atoms with van der Waals surface area (Å²) in [5, 5.41) is 4.70. The standard InChI is InChI=1S/C9H15N3O/c1-2-11-8-9(12(11)3-1)10-4-6-13-7-5-10/h1-2,9H,3-8H2. The van der Waals surface area contributed by atoms with Gasteiger partial charge in [-0.1, -0.05) is 6.08 Å². The van der Waals surface area contributed by atoms with Gasteiger partial charge in [-0.05, 0) is 0 Å². The molecule has 3 aliphatic heterocycles. The van der Waals surface area contributed by atoms with Crippen LogP contribution in [0.15, 0.2) is 12.3 Å². The SMILES string of the molecule is C1=CN2CC(N3CCOCC3)N2C1. The number of fused-ring (bicyclic) bond motifs is 1. The number of hydrazine groups is 1. The van der Waals surface area contributed by atoms with Crippen molar-refractivity contribution in [2.24, 2.45) is 0 Å². The second kappa shape index (κ2) is 2.97. The van der Waals surface area contributed by atoms with Crippen LogP contribution in [0.3, 0.4) is 0 Å². The molecule has 0 saturated carbocycles. The monoisotopic (exact) mass is 181 g/mol. The molecule has 0 bridgehead atoms. The molecule has 0 aromatic rings. The third kappa shape index (κ3) is 1.17. The van der Waals surface area contributed by atoms with E-state index in [-0.39, 0.29) is 0 Å². The van der Waals surface area contributed by atoms with E-state index in [4.69, 9.17) is 4.74 Å². The van der Waals surface area contributed by atoms with Crippen LogP contribution < -0.4 is 0 Å². The topological polar surface area (TPSA) is 19.0 Å². The second-order valence-corrected chi connectivity index (χ2v) is 3.76. The van der Waals surface area contributed by atoms with Gasteiger partial charge in [0.05, 0.1) is 19.8 Å². The predicted octanol–water partition coefficient (Wildman–Crippen LogP) is -0.295. The van der Waals surface area contributed by atoms with Gasteiger partial charge < -0.3 is 9.75 Å². The van der Waals surface area contributed by atoms with Crippen molar-refractivity contribution in [1.82, 2.24) is 14.9 Å². The van der Waals surface area contributed by atoms with Gasteiger partial charge in [-0.25, -0.2) is 0 Å². The lowest BCUT2D eigenvalue weighted by atomic mass is 10.2. The van der Waals surface area contributed by atoms with Gasteiger partial charge in [0.2, 0.25) is 0 Å². The molecule has 1 atom stereocenters. The van der Waals surface area contributed by atoms with Crippen molar-refractivity contribution in [3.05, 3.63) is 12.3 Å². The minimum atomic E-state index is 0.638. The van der Waals surface area contributed by atoms with Crippen molar-refractivity contribution >= 4 is 0 Å². The van der Waals surface area contributed by atoms with Gasteiger partial charge in [-0.2, -0.15) is 5.01 Å². The molecule has 0 aliphatic carbocycles. The predicted molar refractivity (Wildman–Crippen MR) is 48.7 cm³/mol. The smallest absolute Gasteiger partial charge is 0.101 e. The molecule has 3 aliphatic rings. The zero-order chi connectivity index (χ0) is 8.67. The summed E-state index contributed by atoms with van der Waals surface area (Å²) >= 11 is 0. The summed E-state index contributed by atoms with van der Waals surface area (Å²) in [6.45, 7) is 6.23. The lowest BCUT2D eigenvalue weighted by Crippen LogP contribution is -2.68. The summed E-state index contributed by atoms with van der Waals surface area (Å²) in [6.07, 6.45) is 5.04. The molecule has 3 heterocycles. The van der Waals surface area contributed by atoms with Crippen molar-refractivity contribution in [3.8, 4) is 0 Å². The maximum Gasteiger partial charge on any atom is 0.101 e. The molecule has 2 saturated heterocycles. The third-order valence-electron chi connectivity index (χ3n) is 3.06. The van der Waals surface area contributed by atoms with Gasteiger partial charge >= 0.3 is 0 Å². The molecule has 4 nitrogen and oxygen atoms in total. The van der Waals surface area contributed by atoms with Gasteiger partial charge in [0, 0.05) is 25.8 Å². The molecule has 4 heteroatoms. The molecular formula is C9H15N3O. The van der Waals surface area contributed by atoms with Crippen molar-refractivity contribution in [2.75, 3.05) is 39.4 Å². The summed E-state index contributed by atoms with van der Waals surface area (Å²) in [6, 6.07) is 0. The Balaban J connectivity index is 1.61. The molecule has 0 spiro atoms. The lowest BCUT2D eigenvalue weighted by Gasteiger charge is -2.52. The van der Waals surface area contributed by atoms with E-state index in [1.807, 2.05) is 0 Å². The highest BCUT2D eigenvalue weighted by atomic mass is 16.5. The molecule has 0 amide bonds. The minimum absolute atomic E-state index is 0.638. The fourth-order valence-electron chi connectivity index (χ4n) is 2.27. The largest absolute Gasteiger partial charge is 0.379 e. The Kier molecular flexibility index (Phi) is 1.78. The summed E-state index contributed by atoms with van der Waals surface area (Å²) < 4.78 is 5.34. The summed E-state index contributed by atoms with van der Waals surface area (Å²) in [5.41, 5.74) is 0. The second-order valence-electron chi connectivity index (χ2n) is 3.76. The normalized spacial score (nSPS) is 34.8. The fourth-order valence-corrected chi connectivity index (χ4v) is 2.27. The fraction of sp³-hybridized carbons (Fsp3) is 0.778. The molecule has 72 valence electrons. The molecular weight excluding hydrogens is 166 g/mol. The van der Waals surface area contributed by atoms with E-state index in [1.165, 1.54) is 0 Å².